The maximum absolute atomic E-state index is 6.36. The lowest BCUT2D eigenvalue weighted by Crippen LogP contribution is -2.07. The van der Waals surface area contributed by atoms with Crippen molar-refractivity contribution in [1.82, 2.24) is 9.55 Å². The quantitative estimate of drug-likeness (QED) is 0.854. The molecule has 1 saturated carbocycles. The minimum Gasteiger partial charge on any atom is -0.384 e. The number of nitrogens with zero attached hydrogens (tertiary/aromatic N) is 2. The van der Waals surface area contributed by atoms with E-state index in [0.717, 1.165) is 17.9 Å². The summed E-state index contributed by atoms with van der Waals surface area (Å²) in [6, 6.07) is 0.620. The lowest BCUT2D eigenvalue weighted by Gasteiger charge is -2.13. The zero-order valence-corrected chi connectivity index (χ0v) is 12.4. The number of hydrogen-bond donors (Lipinski definition) is 1. The lowest BCUT2D eigenvalue weighted by molar-refractivity contribution is 0.517. The molecule has 3 heteroatoms. The highest BCUT2D eigenvalue weighted by Crippen LogP contribution is 2.42. The van der Waals surface area contributed by atoms with Crippen molar-refractivity contribution in [2.75, 3.05) is 5.73 Å². The number of imidazole rings is 1. The second-order valence-electron chi connectivity index (χ2n) is 6.53. The minimum absolute atomic E-state index is 0.452. The number of nitrogens with two attached hydrogens (primary N) is 1. The van der Waals surface area contributed by atoms with Gasteiger partial charge in [0.05, 0.1) is 5.69 Å². The highest BCUT2D eigenvalue weighted by Gasteiger charge is 2.31. The van der Waals surface area contributed by atoms with E-state index < -0.39 is 0 Å². The molecule has 0 amide bonds. The van der Waals surface area contributed by atoms with Gasteiger partial charge in [-0.2, -0.15) is 0 Å². The van der Waals surface area contributed by atoms with Crippen LogP contribution in [0.25, 0.3) is 0 Å². The van der Waals surface area contributed by atoms with Crippen LogP contribution in [0.2, 0.25) is 0 Å². The molecule has 18 heavy (non-hydrogen) atoms. The van der Waals surface area contributed by atoms with Gasteiger partial charge in [-0.15, -0.1) is 0 Å². The Labute approximate surface area is 111 Å². The van der Waals surface area contributed by atoms with Crippen LogP contribution >= 0.6 is 0 Å². The van der Waals surface area contributed by atoms with Crippen molar-refractivity contribution in [3.8, 4) is 0 Å². The molecule has 1 aromatic rings. The summed E-state index contributed by atoms with van der Waals surface area (Å²) in [5.74, 6) is 3.71. The van der Waals surface area contributed by atoms with E-state index in [9.17, 15) is 0 Å². The lowest BCUT2D eigenvalue weighted by atomic mass is 9.96. The van der Waals surface area contributed by atoms with Crippen molar-refractivity contribution in [2.45, 2.75) is 71.8 Å². The zero-order valence-electron chi connectivity index (χ0n) is 12.4. The fraction of sp³-hybridized carbons (Fsp3) is 0.800. The Balaban J connectivity index is 2.33. The molecule has 1 aliphatic rings. The molecule has 0 spiro atoms. The summed E-state index contributed by atoms with van der Waals surface area (Å²) < 4.78 is 2.30. The summed E-state index contributed by atoms with van der Waals surface area (Å²) in [5, 5.41) is 0. The third-order valence-electron chi connectivity index (χ3n) is 3.72. The fourth-order valence-corrected chi connectivity index (χ4v) is 2.79. The molecule has 1 atom stereocenters. The molecule has 102 valence electrons. The Bertz CT molecular complexity index is 414. The Morgan fingerprint density at radius 1 is 1.22 bits per heavy atom. The molecule has 1 fully saturated rings. The normalized spacial score (nSPS) is 17.7. The maximum atomic E-state index is 6.36. The van der Waals surface area contributed by atoms with Crippen molar-refractivity contribution in [2.24, 2.45) is 5.92 Å². The largest absolute Gasteiger partial charge is 0.384 e. The van der Waals surface area contributed by atoms with E-state index >= 15 is 0 Å². The molecule has 1 unspecified atom stereocenters. The Kier molecular flexibility index (Phi) is 3.69. The smallest absolute Gasteiger partial charge is 0.127 e. The van der Waals surface area contributed by atoms with E-state index in [2.05, 4.69) is 39.2 Å². The van der Waals surface area contributed by atoms with Gasteiger partial charge in [-0.3, -0.25) is 0 Å². The van der Waals surface area contributed by atoms with E-state index in [1.165, 1.54) is 18.7 Å². The van der Waals surface area contributed by atoms with Crippen LogP contribution in [-0.2, 0) is 0 Å². The van der Waals surface area contributed by atoms with E-state index in [1.807, 2.05) is 0 Å². The third kappa shape index (κ3) is 2.55. The van der Waals surface area contributed by atoms with Crippen molar-refractivity contribution >= 4 is 5.82 Å². The Hall–Kier alpha value is -0.990. The number of anilines is 1. The van der Waals surface area contributed by atoms with Gasteiger partial charge in [-0.05, 0) is 25.2 Å². The first kappa shape index (κ1) is 13.4. The first-order chi connectivity index (χ1) is 8.41. The van der Waals surface area contributed by atoms with Gasteiger partial charge in [0.15, 0.2) is 0 Å². The summed E-state index contributed by atoms with van der Waals surface area (Å²) in [5.41, 5.74) is 7.48. The van der Waals surface area contributed by atoms with Crippen LogP contribution in [0.4, 0.5) is 5.82 Å². The molecular formula is C15H27N3. The van der Waals surface area contributed by atoms with Gasteiger partial charge in [0.2, 0.25) is 0 Å². The molecular weight excluding hydrogens is 222 g/mol. The molecule has 1 aromatic heterocycles. The van der Waals surface area contributed by atoms with E-state index in [4.69, 9.17) is 10.7 Å². The molecule has 2 N–H and O–H groups in total. The van der Waals surface area contributed by atoms with Crippen molar-refractivity contribution < 1.29 is 0 Å². The molecule has 0 radical (unpaired) electrons. The predicted molar refractivity (Wildman–Crippen MR) is 76.9 cm³/mol. The van der Waals surface area contributed by atoms with Gasteiger partial charge in [0, 0.05) is 17.9 Å². The molecule has 1 heterocycles. The van der Waals surface area contributed by atoms with Gasteiger partial charge in [0.25, 0.3) is 0 Å². The second-order valence-corrected chi connectivity index (χ2v) is 6.53. The second kappa shape index (κ2) is 4.94. The van der Waals surface area contributed by atoms with E-state index in [1.54, 1.807) is 0 Å². The summed E-state index contributed by atoms with van der Waals surface area (Å²) in [6.07, 6.45) is 3.68. The topological polar surface area (TPSA) is 43.8 Å². The van der Waals surface area contributed by atoms with Crippen LogP contribution in [-0.4, -0.2) is 9.55 Å². The van der Waals surface area contributed by atoms with Crippen LogP contribution in [0.5, 0.6) is 0 Å². The number of aromatic nitrogens is 2. The van der Waals surface area contributed by atoms with Gasteiger partial charge < -0.3 is 10.3 Å². The van der Waals surface area contributed by atoms with E-state index in [0.29, 0.717) is 23.8 Å². The SMILES string of the molecule is CC(C)CC(C)c1nc(C(C)C)n(C2CC2)c1N. The number of hydrogen-bond acceptors (Lipinski definition) is 2. The first-order valence-electron chi connectivity index (χ1n) is 7.29. The van der Waals surface area contributed by atoms with Crippen molar-refractivity contribution in [3.63, 3.8) is 0 Å². The van der Waals surface area contributed by atoms with Gasteiger partial charge in [-0.25, -0.2) is 4.98 Å². The fourth-order valence-electron chi connectivity index (χ4n) is 2.79. The molecule has 0 aromatic carbocycles. The van der Waals surface area contributed by atoms with Crippen molar-refractivity contribution in [3.05, 3.63) is 11.5 Å². The highest BCUT2D eigenvalue weighted by atomic mass is 15.2. The van der Waals surface area contributed by atoms with Crippen LogP contribution in [0, 0.1) is 5.92 Å². The molecule has 0 bridgehead atoms. The van der Waals surface area contributed by atoms with Crippen LogP contribution in [0.1, 0.15) is 83.3 Å². The summed E-state index contributed by atoms with van der Waals surface area (Å²) in [4.78, 5) is 4.86. The number of nitrogen functional groups attached to an aromatic ring is 1. The first-order valence-corrected chi connectivity index (χ1v) is 7.29. The minimum atomic E-state index is 0.452. The number of rotatable bonds is 5. The predicted octanol–water partition coefficient (Wildman–Crippen LogP) is 4.07. The molecule has 2 rings (SSSR count). The maximum Gasteiger partial charge on any atom is 0.127 e. The molecule has 0 aliphatic heterocycles. The highest BCUT2D eigenvalue weighted by molar-refractivity contribution is 5.42. The average Bonchev–Trinajstić information content (AvgIpc) is 3.01. The monoisotopic (exact) mass is 249 g/mol. The molecule has 3 nitrogen and oxygen atoms in total. The Morgan fingerprint density at radius 3 is 2.28 bits per heavy atom. The standard InChI is InChI=1S/C15H27N3/c1-9(2)8-11(5)13-14(16)18(12-6-7-12)15(17-13)10(3)4/h9-12H,6-8,16H2,1-5H3. The van der Waals surface area contributed by atoms with Crippen LogP contribution in [0.3, 0.4) is 0 Å². The van der Waals surface area contributed by atoms with Gasteiger partial charge in [-0.1, -0.05) is 34.6 Å². The van der Waals surface area contributed by atoms with Crippen molar-refractivity contribution in [1.29, 1.82) is 0 Å². The zero-order chi connectivity index (χ0) is 13.4. The third-order valence-corrected chi connectivity index (χ3v) is 3.72. The molecule has 0 saturated heterocycles. The summed E-state index contributed by atoms with van der Waals surface area (Å²) >= 11 is 0. The van der Waals surface area contributed by atoms with Gasteiger partial charge in [0.1, 0.15) is 11.6 Å². The average molecular weight is 249 g/mol. The summed E-state index contributed by atoms with van der Waals surface area (Å²) in [7, 11) is 0. The Morgan fingerprint density at radius 2 is 1.83 bits per heavy atom. The van der Waals surface area contributed by atoms with Crippen LogP contribution in [0.15, 0.2) is 0 Å². The van der Waals surface area contributed by atoms with E-state index in [-0.39, 0.29) is 0 Å². The summed E-state index contributed by atoms with van der Waals surface area (Å²) in [6.45, 7) is 11.2. The van der Waals surface area contributed by atoms with Gasteiger partial charge >= 0.3 is 0 Å². The van der Waals surface area contributed by atoms with Crippen LogP contribution < -0.4 is 5.73 Å². The molecule has 1 aliphatic carbocycles.